The standard InChI is InChI=1S/C22H28O4/c1-13(23)25-16-5-7-17-15(12-16)4-6-19-18(17)10-11-22(3)20(19)8-9-21(22)26-14(2)24/h5,7,12,18-21H,4,6,8-11H2,1-3H3/t18-,19-,20+,21-,22+/m1/s1. The Labute approximate surface area is 155 Å². The van der Waals surface area contributed by atoms with E-state index in [2.05, 4.69) is 19.1 Å². The number of rotatable bonds is 2. The molecular weight excluding hydrogens is 328 g/mol. The van der Waals surface area contributed by atoms with E-state index in [0.717, 1.165) is 32.1 Å². The summed E-state index contributed by atoms with van der Waals surface area (Å²) >= 11 is 0. The highest BCUT2D eigenvalue weighted by Gasteiger charge is 2.56. The Morgan fingerprint density at radius 1 is 1.08 bits per heavy atom. The summed E-state index contributed by atoms with van der Waals surface area (Å²) in [6, 6.07) is 6.16. The average molecular weight is 356 g/mol. The van der Waals surface area contributed by atoms with Crippen LogP contribution in [-0.4, -0.2) is 18.0 Å². The fraction of sp³-hybridized carbons (Fsp3) is 0.636. The summed E-state index contributed by atoms with van der Waals surface area (Å²) in [7, 11) is 0. The van der Waals surface area contributed by atoms with Crippen molar-refractivity contribution in [2.45, 2.75) is 71.3 Å². The van der Waals surface area contributed by atoms with Crippen LogP contribution in [0.25, 0.3) is 0 Å². The van der Waals surface area contributed by atoms with Crippen LogP contribution in [0.2, 0.25) is 0 Å². The zero-order valence-electron chi connectivity index (χ0n) is 15.9. The Morgan fingerprint density at radius 3 is 2.62 bits per heavy atom. The van der Waals surface area contributed by atoms with Crippen molar-refractivity contribution in [3.05, 3.63) is 29.3 Å². The molecule has 5 atom stereocenters. The largest absolute Gasteiger partial charge is 0.462 e. The van der Waals surface area contributed by atoms with Gasteiger partial charge in [0.15, 0.2) is 0 Å². The molecule has 0 spiro atoms. The number of hydrogen-bond acceptors (Lipinski definition) is 4. The number of benzene rings is 1. The molecule has 0 N–H and O–H groups in total. The van der Waals surface area contributed by atoms with Crippen LogP contribution in [0.5, 0.6) is 5.75 Å². The van der Waals surface area contributed by atoms with Gasteiger partial charge in [0.2, 0.25) is 0 Å². The van der Waals surface area contributed by atoms with Gasteiger partial charge in [0.05, 0.1) is 0 Å². The molecule has 0 aromatic heterocycles. The third kappa shape index (κ3) is 2.83. The molecule has 0 amide bonds. The van der Waals surface area contributed by atoms with Crippen molar-refractivity contribution < 1.29 is 19.1 Å². The third-order valence-corrected chi connectivity index (χ3v) is 7.18. The highest BCUT2D eigenvalue weighted by Crippen LogP contribution is 2.61. The van der Waals surface area contributed by atoms with Gasteiger partial charge >= 0.3 is 11.9 Å². The lowest BCUT2D eigenvalue weighted by atomic mass is 9.55. The Kier molecular flexibility index (Phi) is 4.32. The van der Waals surface area contributed by atoms with Crippen molar-refractivity contribution in [2.75, 3.05) is 0 Å². The highest BCUT2D eigenvalue weighted by molar-refractivity contribution is 5.69. The Hall–Kier alpha value is -1.84. The maximum atomic E-state index is 11.5. The van der Waals surface area contributed by atoms with Crippen molar-refractivity contribution in [3.63, 3.8) is 0 Å². The number of hydrogen-bond donors (Lipinski definition) is 0. The number of aryl methyl sites for hydroxylation is 1. The summed E-state index contributed by atoms with van der Waals surface area (Å²) in [6.07, 6.45) is 6.72. The quantitative estimate of drug-likeness (QED) is 0.582. The minimum atomic E-state index is -0.269. The summed E-state index contributed by atoms with van der Waals surface area (Å²) in [6.45, 7) is 5.31. The Bertz CT molecular complexity index is 740. The monoisotopic (exact) mass is 356 g/mol. The molecule has 3 aliphatic rings. The number of ether oxygens (including phenoxy) is 2. The first kappa shape index (κ1) is 17.6. The Morgan fingerprint density at radius 2 is 1.88 bits per heavy atom. The summed E-state index contributed by atoms with van der Waals surface area (Å²) in [5.41, 5.74) is 2.90. The van der Waals surface area contributed by atoms with E-state index in [-0.39, 0.29) is 23.5 Å². The van der Waals surface area contributed by atoms with E-state index in [9.17, 15) is 9.59 Å². The van der Waals surface area contributed by atoms with Gasteiger partial charge in [0, 0.05) is 19.3 Å². The number of carbonyl (C=O) groups is 2. The van der Waals surface area contributed by atoms with Crippen LogP contribution in [0.3, 0.4) is 0 Å². The van der Waals surface area contributed by atoms with Gasteiger partial charge in [-0.05, 0) is 79.5 Å². The maximum absolute atomic E-state index is 11.5. The van der Waals surface area contributed by atoms with E-state index in [1.165, 1.54) is 31.4 Å². The van der Waals surface area contributed by atoms with E-state index < -0.39 is 0 Å². The molecule has 2 fully saturated rings. The molecule has 0 saturated heterocycles. The second-order valence-corrected chi connectivity index (χ2v) is 8.59. The lowest BCUT2D eigenvalue weighted by molar-refractivity contribution is -0.154. The number of fused-ring (bicyclic) bond motifs is 5. The molecule has 1 aromatic carbocycles. The van der Waals surface area contributed by atoms with Crippen molar-refractivity contribution in [3.8, 4) is 5.75 Å². The first-order valence-electron chi connectivity index (χ1n) is 9.87. The van der Waals surface area contributed by atoms with Gasteiger partial charge in [-0.2, -0.15) is 0 Å². The van der Waals surface area contributed by atoms with Crippen molar-refractivity contribution in [2.24, 2.45) is 17.3 Å². The summed E-state index contributed by atoms with van der Waals surface area (Å²) in [5.74, 6) is 2.12. The van der Waals surface area contributed by atoms with Gasteiger partial charge in [-0.15, -0.1) is 0 Å². The van der Waals surface area contributed by atoms with E-state index in [0.29, 0.717) is 23.5 Å². The number of esters is 2. The van der Waals surface area contributed by atoms with E-state index in [1.807, 2.05) is 6.07 Å². The SMILES string of the molecule is CC(=O)Oc1ccc2c(c1)CC[C@@H]1[C@@H]2CC[C@]2(C)[C@H](OC(C)=O)CC[C@@H]12. The van der Waals surface area contributed by atoms with Gasteiger partial charge in [0.25, 0.3) is 0 Å². The molecule has 2 saturated carbocycles. The summed E-state index contributed by atoms with van der Waals surface area (Å²) in [4.78, 5) is 22.7. The van der Waals surface area contributed by atoms with Crippen LogP contribution >= 0.6 is 0 Å². The van der Waals surface area contributed by atoms with Crippen LogP contribution in [-0.2, 0) is 20.7 Å². The average Bonchev–Trinajstić information content (AvgIpc) is 2.90. The molecule has 4 nitrogen and oxygen atoms in total. The lowest BCUT2D eigenvalue weighted by Gasteiger charge is -2.50. The minimum absolute atomic E-state index is 0.0821. The third-order valence-electron chi connectivity index (χ3n) is 7.18. The van der Waals surface area contributed by atoms with E-state index in [1.54, 1.807) is 0 Å². The zero-order chi connectivity index (χ0) is 18.5. The van der Waals surface area contributed by atoms with Crippen LogP contribution in [0.1, 0.15) is 69.9 Å². The topological polar surface area (TPSA) is 52.6 Å². The van der Waals surface area contributed by atoms with Crippen LogP contribution in [0.15, 0.2) is 18.2 Å². The van der Waals surface area contributed by atoms with Gasteiger partial charge in [-0.1, -0.05) is 13.0 Å². The van der Waals surface area contributed by atoms with Crippen molar-refractivity contribution in [1.82, 2.24) is 0 Å². The highest BCUT2D eigenvalue weighted by atomic mass is 16.5. The molecule has 140 valence electrons. The minimum Gasteiger partial charge on any atom is -0.462 e. The molecule has 0 unspecified atom stereocenters. The van der Waals surface area contributed by atoms with E-state index >= 15 is 0 Å². The summed E-state index contributed by atoms with van der Waals surface area (Å²) in [5, 5.41) is 0. The van der Waals surface area contributed by atoms with Crippen molar-refractivity contribution >= 4 is 11.9 Å². The predicted octanol–water partition coefficient (Wildman–Crippen LogP) is 4.40. The molecule has 1 aromatic rings. The Balaban J connectivity index is 1.58. The van der Waals surface area contributed by atoms with Gasteiger partial charge in [-0.25, -0.2) is 0 Å². The first-order valence-corrected chi connectivity index (χ1v) is 9.87. The normalized spacial score (nSPS) is 35.0. The fourth-order valence-electron chi connectivity index (χ4n) is 6.13. The molecule has 0 radical (unpaired) electrons. The zero-order valence-corrected chi connectivity index (χ0v) is 15.9. The second-order valence-electron chi connectivity index (χ2n) is 8.59. The number of carbonyl (C=O) groups excluding carboxylic acids is 2. The molecular formula is C22H28O4. The smallest absolute Gasteiger partial charge is 0.308 e. The molecule has 3 aliphatic carbocycles. The molecule has 0 heterocycles. The van der Waals surface area contributed by atoms with Gasteiger partial charge in [0.1, 0.15) is 11.9 Å². The van der Waals surface area contributed by atoms with Gasteiger partial charge < -0.3 is 9.47 Å². The molecule has 0 bridgehead atoms. The van der Waals surface area contributed by atoms with Crippen LogP contribution in [0.4, 0.5) is 0 Å². The predicted molar refractivity (Wildman–Crippen MR) is 97.9 cm³/mol. The van der Waals surface area contributed by atoms with Crippen LogP contribution < -0.4 is 4.74 Å². The first-order chi connectivity index (χ1) is 12.4. The van der Waals surface area contributed by atoms with Crippen LogP contribution in [0, 0.1) is 17.3 Å². The second kappa shape index (κ2) is 6.40. The van der Waals surface area contributed by atoms with Gasteiger partial charge in [-0.3, -0.25) is 9.59 Å². The molecule has 26 heavy (non-hydrogen) atoms. The molecule has 4 heteroatoms. The maximum Gasteiger partial charge on any atom is 0.308 e. The fourth-order valence-corrected chi connectivity index (χ4v) is 6.13. The van der Waals surface area contributed by atoms with Crippen molar-refractivity contribution in [1.29, 1.82) is 0 Å². The van der Waals surface area contributed by atoms with E-state index in [4.69, 9.17) is 9.47 Å². The molecule has 0 aliphatic heterocycles. The molecule has 4 rings (SSSR count). The lowest BCUT2D eigenvalue weighted by Crippen LogP contribution is -2.45. The summed E-state index contributed by atoms with van der Waals surface area (Å²) < 4.78 is 11.0.